The van der Waals surface area contributed by atoms with Gasteiger partial charge in [-0.2, -0.15) is 0 Å². The highest BCUT2D eigenvalue weighted by molar-refractivity contribution is 6.09. The fraction of sp³-hybridized carbons (Fsp3) is 0.0588. The normalized spacial score (nSPS) is 11.0. The minimum atomic E-state index is -1.23. The van der Waals surface area contributed by atoms with Gasteiger partial charge in [-0.3, -0.25) is 4.79 Å². The first-order valence-corrected chi connectivity index (χ1v) is 6.65. The average Bonchev–Trinajstić information content (AvgIpc) is 2.49. The highest BCUT2D eigenvalue weighted by Crippen LogP contribution is 2.19. The molecule has 0 bridgehead atoms. The van der Waals surface area contributed by atoms with Crippen molar-refractivity contribution in [2.24, 2.45) is 0 Å². The van der Waals surface area contributed by atoms with Gasteiger partial charge in [0.1, 0.15) is 5.70 Å². The van der Waals surface area contributed by atoms with Gasteiger partial charge >= 0.3 is 5.97 Å². The number of aliphatic carboxylic acids is 1. The van der Waals surface area contributed by atoms with Crippen LogP contribution in [0.1, 0.15) is 15.9 Å². The van der Waals surface area contributed by atoms with Gasteiger partial charge in [0.15, 0.2) is 5.78 Å². The molecule has 4 N–H and O–H groups in total. The zero-order valence-corrected chi connectivity index (χ0v) is 12.0. The molecule has 0 heterocycles. The molecule has 0 saturated heterocycles. The number of nitrogen functional groups attached to an aromatic ring is 1. The van der Waals surface area contributed by atoms with E-state index in [-0.39, 0.29) is 11.5 Å². The number of nitrogens with one attached hydrogen (secondary N) is 1. The SMILES string of the molecule is Cc1ccc(C(=O)C=C(Nc2ccccc2N)C(=O)O)cc1. The minimum Gasteiger partial charge on any atom is -0.477 e. The molecular formula is C17H16N2O3. The minimum absolute atomic E-state index is 0.233. The van der Waals surface area contributed by atoms with Crippen LogP contribution < -0.4 is 11.1 Å². The van der Waals surface area contributed by atoms with Gasteiger partial charge in [0.05, 0.1) is 11.4 Å². The second-order valence-electron chi connectivity index (χ2n) is 4.81. The highest BCUT2D eigenvalue weighted by atomic mass is 16.4. The van der Waals surface area contributed by atoms with Gasteiger partial charge in [0.25, 0.3) is 0 Å². The number of benzene rings is 2. The Labute approximate surface area is 128 Å². The molecular weight excluding hydrogens is 280 g/mol. The Morgan fingerprint density at radius 3 is 2.32 bits per heavy atom. The van der Waals surface area contributed by atoms with E-state index >= 15 is 0 Å². The van der Waals surface area contributed by atoms with E-state index in [2.05, 4.69) is 5.32 Å². The molecule has 0 saturated carbocycles. The van der Waals surface area contributed by atoms with Crippen molar-refractivity contribution in [2.45, 2.75) is 6.92 Å². The molecule has 0 aromatic heterocycles. The quantitative estimate of drug-likeness (QED) is 0.448. The van der Waals surface area contributed by atoms with Crippen LogP contribution in [0, 0.1) is 6.92 Å². The lowest BCUT2D eigenvalue weighted by molar-refractivity contribution is -0.132. The Kier molecular flexibility index (Phi) is 4.58. The molecule has 0 atom stereocenters. The predicted molar refractivity (Wildman–Crippen MR) is 85.7 cm³/mol. The lowest BCUT2D eigenvalue weighted by atomic mass is 10.1. The van der Waals surface area contributed by atoms with E-state index in [9.17, 15) is 14.7 Å². The first kappa shape index (κ1) is 15.3. The predicted octanol–water partition coefficient (Wildman–Crippen LogP) is 2.84. The Hall–Kier alpha value is -3.08. The summed E-state index contributed by atoms with van der Waals surface area (Å²) >= 11 is 0. The number of nitrogens with two attached hydrogens (primary N) is 1. The topological polar surface area (TPSA) is 92.4 Å². The molecule has 2 rings (SSSR count). The summed E-state index contributed by atoms with van der Waals surface area (Å²) in [6.45, 7) is 1.91. The third-order valence-corrected chi connectivity index (χ3v) is 3.07. The number of carbonyl (C=O) groups excluding carboxylic acids is 1. The van der Waals surface area contributed by atoms with Crippen LogP contribution in [0.5, 0.6) is 0 Å². The number of hydrogen-bond acceptors (Lipinski definition) is 4. The smallest absolute Gasteiger partial charge is 0.352 e. The van der Waals surface area contributed by atoms with Crippen molar-refractivity contribution in [3.05, 3.63) is 71.4 Å². The molecule has 0 fully saturated rings. The maximum atomic E-state index is 12.1. The summed E-state index contributed by atoms with van der Waals surface area (Å²) in [7, 11) is 0. The van der Waals surface area contributed by atoms with Gasteiger partial charge in [-0.25, -0.2) is 4.79 Å². The van der Waals surface area contributed by atoms with Crippen molar-refractivity contribution < 1.29 is 14.7 Å². The fourth-order valence-corrected chi connectivity index (χ4v) is 1.84. The summed E-state index contributed by atoms with van der Waals surface area (Å²) in [5.74, 6) is -1.62. The third kappa shape index (κ3) is 3.73. The van der Waals surface area contributed by atoms with Crippen molar-refractivity contribution >= 4 is 23.1 Å². The number of allylic oxidation sites excluding steroid dienone is 1. The molecule has 0 spiro atoms. The van der Waals surface area contributed by atoms with Crippen LogP contribution in [0.3, 0.4) is 0 Å². The molecule has 2 aromatic carbocycles. The van der Waals surface area contributed by atoms with E-state index in [1.54, 1.807) is 48.5 Å². The van der Waals surface area contributed by atoms with Crippen molar-refractivity contribution in [1.29, 1.82) is 0 Å². The second kappa shape index (κ2) is 6.58. The lowest BCUT2D eigenvalue weighted by Crippen LogP contribution is -2.13. The molecule has 0 aliphatic carbocycles. The first-order chi connectivity index (χ1) is 10.5. The Bertz CT molecular complexity index is 734. The van der Waals surface area contributed by atoms with Gasteiger partial charge < -0.3 is 16.2 Å². The number of aryl methyl sites for hydroxylation is 1. The summed E-state index contributed by atoms with van der Waals surface area (Å²) in [5.41, 5.74) is 7.81. The molecule has 0 unspecified atom stereocenters. The van der Waals surface area contributed by atoms with Gasteiger partial charge in [-0.05, 0) is 19.1 Å². The van der Waals surface area contributed by atoms with Crippen molar-refractivity contribution in [2.75, 3.05) is 11.1 Å². The van der Waals surface area contributed by atoms with Crippen molar-refractivity contribution in [3.8, 4) is 0 Å². The van der Waals surface area contributed by atoms with Gasteiger partial charge in [0, 0.05) is 11.6 Å². The first-order valence-electron chi connectivity index (χ1n) is 6.65. The lowest BCUT2D eigenvalue weighted by Gasteiger charge is -2.09. The number of carboxylic acid groups (broad SMARTS) is 1. The van der Waals surface area contributed by atoms with E-state index in [4.69, 9.17) is 5.73 Å². The maximum absolute atomic E-state index is 12.1. The molecule has 0 aliphatic rings. The zero-order chi connectivity index (χ0) is 16.1. The van der Waals surface area contributed by atoms with Crippen LogP contribution in [0.2, 0.25) is 0 Å². The van der Waals surface area contributed by atoms with Crippen LogP contribution >= 0.6 is 0 Å². The summed E-state index contributed by atoms with van der Waals surface area (Å²) in [6.07, 6.45) is 1.06. The molecule has 5 nitrogen and oxygen atoms in total. The molecule has 112 valence electrons. The summed E-state index contributed by atoms with van der Waals surface area (Å²) in [4.78, 5) is 23.4. The fourth-order valence-electron chi connectivity index (χ4n) is 1.84. The maximum Gasteiger partial charge on any atom is 0.352 e. The highest BCUT2D eigenvalue weighted by Gasteiger charge is 2.12. The van der Waals surface area contributed by atoms with Gasteiger partial charge in [-0.1, -0.05) is 42.0 Å². The van der Waals surface area contributed by atoms with Gasteiger partial charge in [0.2, 0.25) is 0 Å². The third-order valence-electron chi connectivity index (χ3n) is 3.07. The Balaban J connectivity index is 2.27. The monoisotopic (exact) mass is 296 g/mol. The zero-order valence-electron chi connectivity index (χ0n) is 12.0. The summed E-state index contributed by atoms with van der Waals surface area (Å²) in [6, 6.07) is 13.7. The van der Waals surface area contributed by atoms with E-state index in [1.807, 2.05) is 6.92 Å². The van der Waals surface area contributed by atoms with Crippen molar-refractivity contribution in [3.63, 3.8) is 0 Å². The summed E-state index contributed by atoms with van der Waals surface area (Å²) < 4.78 is 0. The van der Waals surface area contributed by atoms with Crippen LogP contribution in [-0.2, 0) is 4.79 Å². The van der Waals surface area contributed by atoms with E-state index < -0.39 is 5.97 Å². The number of carboxylic acids is 1. The molecule has 0 amide bonds. The number of ketones is 1. The number of carbonyl (C=O) groups is 2. The van der Waals surface area contributed by atoms with Gasteiger partial charge in [-0.15, -0.1) is 0 Å². The van der Waals surface area contributed by atoms with Crippen molar-refractivity contribution in [1.82, 2.24) is 0 Å². The molecule has 0 radical (unpaired) electrons. The van der Waals surface area contributed by atoms with E-state index in [0.717, 1.165) is 11.6 Å². The van der Waals surface area contributed by atoms with Crippen LogP contribution in [0.15, 0.2) is 60.3 Å². The standard InChI is InChI=1S/C17H16N2O3/c1-11-6-8-12(9-7-11)16(20)10-15(17(21)22)19-14-5-3-2-4-13(14)18/h2-10,19H,18H2,1H3,(H,21,22). The van der Waals surface area contributed by atoms with Crippen LogP contribution in [0.25, 0.3) is 0 Å². The second-order valence-corrected chi connectivity index (χ2v) is 4.81. The van der Waals surface area contributed by atoms with E-state index in [0.29, 0.717) is 16.9 Å². The number of rotatable bonds is 5. The average molecular weight is 296 g/mol. The number of hydrogen-bond donors (Lipinski definition) is 3. The largest absolute Gasteiger partial charge is 0.477 e. The van der Waals surface area contributed by atoms with Crippen LogP contribution in [-0.4, -0.2) is 16.9 Å². The number of para-hydroxylation sites is 2. The molecule has 5 heteroatoms. The van der Waals surface area contributed by atoms with Crippen LogP contribution in [0.4, 0.5) is 11.4 Å². The molecule has 2 aromatic rings. The number of anilines is 2. The summed E-state index contributed by atoms with van der Waals surface area (Å²) in [5, 5.41) is 11.9. The molecule has 0 aliphatic heterocycles. The Morgan fingerprint density at radius 2 is 1.73 bits per heavy atom. The Morgan fingerprint density at radius 1 is 1.09 bits per heavy atom. The van der Waals surface area contributed by atoms with E-state index in [1.165, 1.54) is 0 Å². The molecule has 22 heavy (non-hydrogen) atoms.